The molecule has 0 heterocycles. The van der Waals surface area contributed by atoms with E-state index in [1.807, 2.05) is 12.1 Å². The Kier molecular flexibility index (Phi) is 5.84. The van der Waals surface area contributed by atoms with Crippen molar-refractivity contribution in [1.82, 2.24) is 0 Å². The number of carbonyl (C=O) groups excluding carboxylic acids is 1. The third-order valence-corrected chi connectivity index (χ3v) is 5.50. The van der Waals surface area contributed by atoms with Crippen molar-refractivity contribution in [3.63, 3.8) is 0 Å². The molecule has 0 N–H and O–H groups in total. The molecule has 0 aromatic heterocycles. The van der Waals surface area contributed by atoms with Crippen LogP contribution in [0.2, 0.25) is 0 Å². The SMILES string of the molecule is O=C(OC(Oc1ccccc1)c1ccc(F)cc1)C1C(Oc2ccccc2)C1(Cl)Cl. The zero-order chi connectivity index (χ0) is 21.1. The lowest BCUT2D eigenvalue weighted by molar-refractivity contribution is -0.167. The highest BCUT2D eigenvalue weighted by Crippen LogP contribution is 2.56. The van der Waals surface area contributed by atoms with Crippen LogP contribution < -0.4 is 9.47 Å². The van der Waals surface area contributed by atoms with E-state index in [0.717, 1.165) is 0 Å². The predicted octanol–water partition coefficient (Wildman–Crippen LogP) is 5.70. The number of benzene rings is 3. The van der Waals surface area contributed by atoms with Crippen LogP contribution in [0.15, 0.2) is 84.9 Å². The van der Waals surface area contributed by atoms with Gasteiger partial charge in [-0.05, 0) is 48.5 Å². The van der Waals surface area contributed by atoms with Crippen molar-refractivity contribution in [2.24, 2.45) is 5.92 Å². The molecule has 4 nitrogen and oxygen atoms in total. The van der Waals surface area contributed by atoms with Crippen LogP contribution in [0.1, 0.15) is 11.9 Å². The maximum absolute atomic E-state index is 13.3. The second kappa shape index (κ2) is 8.54. The lowest BCUT2D eigenvalue weighted by Crippen LogP contribution is -2.20. The van der Waals surface area contributed by atoms with Gasteiger partial charge >= 0.3 is 5.97 Å². The van der Waals surface area contributed by atoms with Crippen LogP contribution in [-0.4, -0.2) is 16.4 Å². The van der Waals surface area contributed by atoms with Crippen LogP contribution in [0, 0.1) is 11.7 Å². The summed E-state index contributed by atoms with van der Waals surface area (Å²) in [6.45, 7) is 0. The lowest BCUT2D eigenvalue weighted by atomic mass is 10.2. The number of hydrogen-bond acceptors (Lipinski definition) is 4. The molecule has 0 radical (unpaired) electrons. The van der Waals surface area contributed by atoms with E-state index in [2.05, 4.69) is 0 Å². The van der Waals surface area contributed by atoms with E-state index < -0.39 is 34.4 Å². The molecule has 0 bridgehead atoms. The Morgan fingerprint density at radius 1 is 0.867 bits per heavy atom. The number of hydrogen-bond donors (Lipinski definition) is 0. The van der Waals surface area contributed by atoms with Gasteiger partial charge in [-0.1, -0.05) is 59.6 Å². The fourth-order valence-corrected chi connectivity index (χ4v) is 3.58. The number of halogens is 3. The van der Waals surface area contributed by atoms with Crippen molar-refractivity contribution in [2.75, 3.05) is 0 Å². The van der Waals surface area contributed by atoms with E-state index >= 15 is 0 Å². The molecule has 1 aliphatic carbocycles. The quantitative estimate of drug-likeness (QED) is 0.265. The third kappa shape index (κ3) is 4.53. The highest BCUT2D eigenvalue weighted by Gasteiger charge is 2.71. The van der Waals surface area contributed by atoms with Crippen LogP contribution in [0.25, 0.3) is 0 Å². The number of para-hydroxylation sites is 2. The number of alkyl halides is 2. The lowest BCUT2D eigenvalue weighted by Gasteiger charge is -2.20. The third-order valence-electron chi connectivity index (χ3n) is 4.60. The summed E-state index contributed by atoms with van der Waals surface area (Å²) in [6.07, 6.45) is -1.87. The standard InChI is InChI=1S/C23H17Cl2FO4/c24-23(25)19(20(23)28-17-7-3-1-4-8-17)21(27)30-22(15-11-13-16(26)14-12-15)29-18-9-5-2-6-10-18/h1-14,19-20,22H. The maximum atomic E-state index is 13.3. The molecule has 0 aliphatic heterocycles. The normalized spacial score (nSPS) is 20.1. The van der Waals surface area contributed by atoms with Gasteiger partial charge in [0.25, 0.3) is 6.29 Å². The molecule has 1 fully saturated rings. The van der Waals surface area contributed by atoms with Crippen molar-refractivity contribution in [2.45, 2.75) is 16.7 Å². The van der Waals surface area contributed by atoms with Gasteiger partial charge < -0.3 is 14.2 Å². The average Bonchev–Trinajstić information content (AvgIpc) is 3.29. The van der Waals surface area contributed by atoms with Gasteiger partial charge in [0.1, 0.15) is 29.3 Å². The molecule has 3 unspecified atom stereocenters. The Labute approximate surface area is 183 Å². The Hall–Kier alpha value is -2.76. The average molecular weight is 447 g/mol. The molecule has 154 valence electrons. The summed E-state index contributed by atoms with van der Waals surface area (Å²) < 4.78 is 29.0. The van der Waals surface area contributed by atoms with E-state index in [4.69, 9.17) is 37.4 Å². The molecule has 1 aliphatic rings. The summed E-state index contributed by atoms with van der Waals surface area (Å²) in [4.78, 5) is 12.8. The largest absolute Gasteiger partial charge is 0.486 e. The number of carbonyl (C=O) groups is 1. The first-order valence-electron chi connectivity index (χ1n) is 9.22. The van der Waals surface area contributed by atoms with E-state index in [-0.39, 0.29) is 0 Å². The second-order valence-corrected chi connectivity index (χ2v) is 8.20. The zero-order valence-corrected chi connectivity index (χ0v) is 17.1. The molecule has 7 heteroatoms. The Bertz CT molecular complexity index is 997. The van der Waals surface area contributed by atoms with Gasteiger partial charge in [-0.15, -0.1) is 0 Å². The molecule has 0 saturated heterocycles. The van der Waals surface area contributed by atoms with E-state index in [0.29, 0.717) is 17.1 Å². The Morgan fingerprint density at radius 3 is 2.03 bits per heavy atom. The van der Waals surface area contributed by atoms with E-state index in [9.17, 15) is 9.18 Å². The van der Waals surface area contributed by atoms with E-state index in [1.165, 1.54) is 24.3 Å². The molecule has 4 rings (SSSR count). The summed E-state index contributed by atoms with van der Waals surface area (Å²) in [7, 11) is 0. The molecular formula is C23H17Cl2FO4. The summed E-state index contributed by atoms with van der Waals surface area (Å²) in [5, 5.41) is 0. The van der Waals surface area contributed by atoms with Gasteiger partial charge in [-0.3, -0.25) is 4.79 Å². The van der Waals surface area contributed by atoms with Crippen molar-refractivity contribution in [3.05, 3.63) is 96.3 Å². The number of ether oxygens (including phenoxy) is 3. The van der Waals surface area contributed by atoms with Gasteiger partial charge in [0.2, 0.25) is 0 Å². The second-order valence-electron chi connectivity index (χ2n) is 6.75. The van der Waals surface area contributed by atoms with Crippen molar-refractivity contribution < 1.29 is 23.4 Å². The van der Waals surface area contributed by atoms with Gasteiger partial charge in [-0.25, -0.2) is 4.39 Å². The van der Waals surface area contributed by atoms with Gasteiger partial charge in [0.05, 0.1) is 0 Å². The monoisotopic (exact) mass is 446 g/mol. The Morgan fingerprint density at radius 2 is 1.43 bits per heavy atom. The fourth-order valence-electron chi connectivity index (χ4n) is 2.95. The van der Waals surface area contributed by atoms with Gasteiger partial charge in [0.15, 0.2) is 4.33 Å². The summed E-state index contributed by atoms with van der Waals surface area (Å²) in [5.41, 5.74) is 0.463. The first-order chi connectivity index (χ1) is 14.4. The predicted molar refractivity (Wildman–Crippen MR) is 111 cm³/mol. The molecule has 3 aromatic carbocycles. The van der Waals surface area contributed by atoms with Crippen molar-refractivity contribution >= 4 is 29.2 Å². The number of rotatable bonds is 7. The topological polar surface area (TPSA) is 44.8 Å². The molecule has 30 heavy (non-hydrogen) atoms. The molecule has 3 aromatic rings. The zero-order valence-electron chi connectivity index (χ0n) is 15.6. The van der Waals surface area contributed by atoms with Crippen LogP contribution in [-0.2, 0) is 9.53 Å². The minimum atomic E-state index is -1.42. The smallest absolute Gasteiger partial charge is 0.319 e. The molecular weight excluding hydrogens is 430 g/mol. The summed E-state index contributed by atoms with van der Waals surface area (Å²) in [6, 6.07) is 23.2. The van der Waals surface area contributed by atoms with Crippen LogP contribution in [0.5, 0.6) is 11.5 Å². The molecule has 0 amide bonds. The fraction of sp³-hybridized carbons (Fsp3) is 0.174. The van der Waals surface area contributed by atoms with E-state index in [1.54, 1.807) is 48.5 Å². The minimum absolute atomic E-state index is 0.414. The first kappa shape index (κ1) is 20.5. The van der Waals surface area contributed by atoms with Crippen LogP contribution in [0.4, 0.5) is 4.39 Å². The Balaban J connectivity index is 1.50. The van der Waals surface area contributed by atoms with Crippen molar-refractivity contribution in [1.29, 1.82) is 0 Å². The number of esters is 1. The molecule has 3 atom stereocenters. The molecule has 0 spiro atoms. The highest BCUT2D eigenvalue weighted by atomic mass is 35.5. The van der Waals surface area contributed by atoms with Crippen LogP contribution >= 0.6 is 23.2 Å². The van der Waals surface area contributed by atoms with Crippen LogP contribution in [0.3, 0.4) is 0 Å². The summed E-state index contributed by atoms with van der Waals surface area (Å²) in [5.74, 6) is -0.966. The van der Waals surface area contributed by atoms with Crippen molar-refractivity contribution in [3.8, 4) is 11.5 Å². The summed E-state index contributed by atoms with van der Waals surface area (Å²) >= 11 is 12.6. The maximum Gasteiger partial charge on any atom is 0.319 e. The molecule has 1 saturated carbocycles. The minimum Gasteiger partial charge on any atom is -0.486 e. The van der Waals surface area contributed by atoms with Gasteiger partial charge in [-0.2, -0.15) is 0 Å². The first-order valence-corrected chi connectivity index (χ1v) is 9.98. The van der Waals surface area contributed by atoms with Gasteiger partial charge in [0, 0.05) is 5.56 Å². The highest BCUT2D eigenvalue weighted by molar-refractivity contribution is 6.53.